The van der Waals surface area contributed by atoms with E-state index >= 15 is 0 Å². The quantitative estimate of drug-likeness (QED) is 0.840. The van der Waals surface area contributed by atoms with Gasteiger partial charge >= 0.3 is 0 Å². The van der Waals surface area contributed by atoms with Crippen molar-refractivity contribution in [2.45, 2.75) is 20.4 Å². The molecular formula is C11H17ClNO2+. The smallest absolute Gasteiger partial charge is 0.179 e. The van der Waals surface area contributed by atoms with Crippen LogP contribution in [0, 0.1) is 0 Å². The molecular weight excluding hydrogens is 214 g/mol. The molecule has 0 aliphatic rings. The van der Waals surface area contributed by atoms with Gasteiger partial charge in [-0.25, -0.2) is 0 Å². The Morgan fingerprint density at radius 2 is 1.87 bits per heavy atom. The van der Waals surface area contributed by atoms with E-state index in [1.807, 2.05) is 26.0 Å². The van der Waals surface area contributed by atoms with Crippen LogP contribution in [-0.4, -0.2) is 13.2 Å². The van der Waals surface area contributed by atoms with Crippen molar-refractivity contribution in [3.05, 3.63) is 22.7 Å². The fourth-order valence-electron chi connectivity index (χ4n) is 1.31. The van der Waals surface area contributed by atoms with Crippen molar-refractivity contribution in [1.29, 1.82) is 0 Å². The first-order valence-corrected chi connectivity index (χ1v) is 5.48. The van der Waals surface area contributed by atoms with Crippen LogP contribution in [0.1, 0.15) is 19.4 Å². The average Bonchev–Trinajstić information content (AvgIpc) is 2.23. The summed E-state index contributed by atoms with van der Waals surface area (Å²) >= 11 is 6.10. The van der Waals surface area contributed by atoms with Gasteiger partial charge in [0.25, 0.3) is 0 Å². The molecule has 1 rings (SSSR count). The second-order valence-electron chi connectivity index (χ2n) is 3.02. The summed E-state index contributed by atoms with van der Waals surface area (Å²) in [5.74, 6) is 1.32. The minimum atomic E-state index is 0.573. The van der Waals surface area contributed by atoms with Crippen molar-refractivity contribution in [1.82, 2.24) is 0 Å². The molecule has 0 bridgehead atoms. The molecule has 0 fully saturated rings. The Labute approximate surface area is 95.1 Å². The van der Waals surface area contributed by atoms with Gasteiger partial charge in [-0.3, -0.25) is 0 Å². The minimum Gasteiger partial charge on any atom is -0.490 e. The molecule has 3 N–H and O–H groups in total. The summed E-state index contributed by atoms with van der Waals surface area (Å²) in [7, 11) is 0. The third-order valence-corrected chi connectivity index (χ3v) is 2.23. The van der Waals surface area contributed by atoms with E-state index < -0.39 is 0 Å². The predicted octanol–water partition coefficient (Wildman–Crippen LogP) is 1.88. The maximum absolute atomic E-state index is 6.10. The molecule has 1 aromatic rings. The summed E-state index contributed by atoms with van der Waals surface area (Å²) in [6.07, 6.45) is 0. The molecule has 1 aromatic carbocycles. The van der Waals surface area contributed by atoms with Gasteiger partial charge in [0.1, 0.15) is 0 Å². The second-order valence-corrected chi connectivity index (χ2v) is 3.43. The molecule has 0 aromatic heterocycles. The summed E-state index contributed by atoms with van der Waals surface area (Å²) in [5, 5.41) is 0.585. The van der Waals surface area contributed by atoms with E-state index in [-0.39, 0.29) is 0 Å². The first kappa shape index (κ1) is 12.1. The molecule has 4 heteroatoms. The van der Waals surface area contributed by atoms with Gasteiger partial charge in [-0.2, -0.15) is 0 Å². The fourth-order valence-corrected chi connectivity index (χ4v) is 1.60. The molecule has 0 saturated carbocycles. The lowest BCUT2D eigenvalue weighted by Crippen LogP contribution is -2.47. The number of halogens is 1. The Kier molecular flexibility index (Phi) is 4.72. The highest BCUT2D eigenvalue weighted by molar-refractivity contribution is 6.32. The SMILES string of the molecule is CCOc1cc(C[NH3+])cc(Cl)c1OCC. The lowest BCUT2D eigenvalue weighted by molar-refractivity contribution is -0.386. The van der Waals surface area contributed by atoms with Crippen LogP contribution in [0.5, 0.6) is 11.5 Å². The Bertz CT molecular complexity index is 329. The van der Waals surface area contributed by atoms with Crippen LogP contribution in [0.15, 0.2) is 12.1 Å². The minimum absolute atomic E-state index is 0.573. The molecule has 0 spiro atoms. The number of rotatable bonds is 5. The first-order chi connectivity index (χ1) is 7.22. The largest absolute Gasteiger partial charge is 0.490 e. The van der Waals surface area contributed by atoms with E-state index in [0.29, 0.717) is 36.3 Å². The Hall–Kier alpha value is -0.930. The third-order valence-electron chi connectivity index (χ3n) is 1.95. The van der Waals surface area contributed by atoms with E-state index in [1.165, 1.54) is 0 Å². The van der Waals surface area contributed by atoms with Crippen LogP contribution in [-0.2, 0) is 6.54 Å². The maximum atomic E-state index is 6.10. The van der Waals surface area contributed by atoms with E-state index in [9.17, 15) is 0 Å². The van der Waals surface area contributed by atoms with Gasteiger partial charge in [0, 0.05) is 5.56 Å². The number of quaternary nitrogens is 1. The molecule has 0 radical (unpaired) electrons. The molecule has 0 amide bonds. The molecule has 0 heterocycles. The van der Waals surface area contributed by atoms with Crippen molar-refractivity contribution in [2.75, 3.05) is 13.2 Å². The highest BCUT2D eigenvalue weighted by atomic mass is 35.5. The molecule has 0 aliphatic carbocycles. The normalized spacial score (nSPS) is 10.1. The molecule has 0 unspecified atom stereocenters. The van der Waals surface area contributed by atoms with Gasteiger partial charge < -0.3 is 15.2 Å². The number of hydrogen-bond acceptors (Lipinski definition) is 2. The molecule has 0 atom stereocenters. The van der Waals surface area contributed by atoms with Crippen LogP contribution in [0.2, 0.25) is 5.02 Å². The van der Waals surface area contributed by atoms with Crippen LogP contribution in [0.25, 0.3) is 0 Å². The van der Waals surface area contributed by atoms with Crippen molar-refractivity contribution in [3.8, 4) is 11.5 Å². The van der Waals surface area contributed by atoms with E-state index in [4.69, 9.17) is 21.1 Å². The van der Waals surface area contributed by atoms with Crippen LogP contribution in [0.4, 0.5) is 0 Å². The topological polar surface area (TPSA) is 46.1 Å². The Morgan fingerprint density at radius 1 is 1.20 bits per heavy atom. The van der Waals surface area contributed by atoms with Crippen molar-refractivity contribution in [2.24, 2.45) is 0 Å². The molecule has 0 aliphatic heterocycles. The van der Waals surface area contributed by atoms with Crippen molar-refractivity contribution in [3.63, 3.8) is 0 Å². The van der Waals surface area contributed by atoms with Crippen LogP contribution >= 0.6 is 11.6 Å². The molecule has 84 valence electrons. The molecule has 15 heavy (non-hydrogen) atoms. The summed E-state index contributed by atoms with van der Waals surface area (Å²) in [6.45, 7) is 5.70. The lowest BCUT2D eigenvalue weighted by atomic mass is 10.2. The van der Waals surface area contributed by atoms with Gasteiger partial charge in [-0.1, -0.05) is 11.6 Å². The van der Waals surface area contributed by atoms with Crippen LogP contribution in [0.3, 0.4) is 0 Å². The van der Waals surface area contributed by atoms with Gasteiger partial charge in [0.15, 0.2) is 11.5 Å². The standard InChI is InChI=1S/C11H16ClNO2/c1-3-14-10-6-8(7-13)5-9(12)11(10)15-4-2/h5-6H,3-4,7,13H2,1-2H3/p+1. The fraction of sp³-hybridized carbons (Fsp3) is 0.455. The predicted molar refractivity (Wildman–Crippen MR) is 60.4 cm³/mol. The maximum Gasteiger partial charge on any atom is 0.179 e. The zero-order valence-electron chi connectivity index (χ0n) is 9.18. The molecule has 3 nitrogen and oxygen atoms in total. The summed E-state index contributed by atoms with van der Waals surface area (Å²) in [6, 6.07) is 3.79. The zero-order valence-corrected chi connectivity index (χ0v) is 9.93. The monoisotopic (exact) mass is 230 g/mol. The number of benzene rings is 1. The second kappa shape index (κ2) is 5.83. The summed E-state index contributed by atoms with van der Waals surface area (Å²) in [4.78, 5) is 0. The highest BCUT2D eigenvalue weighted by Crippen LogP contribution is 2.36. The summed E-state index contributed by atoms with van der Waals surface area (Å²) in [5.41, 5.74) is 4.87. The summed E-state index contributed by atoms with van der Waals surface area (Å²) < 4.78 is 10.9. The zero-order chi connectivity index (χ0) is 11.3. The van der Waals surface area contributed by atoms with Crippen LogP contribution < -0.4 is 15.2 Å². The van der Waals surface area contributed by atoms with E-state index in [2.05, 4.69) is 5.73 Å². The molecule has 0 saturated heterocycles. The van der Waals surface area contributed by atoms with Gasteiger partial charge in [0.05, 0.1) is 24.8 Å². The van der Waals surface area contributed by atoms with Crippen molar-refractivity contribution < 1.29 is 15.2 Å². The van der Waals surface area contributed by atoms with Crippen molar-refractivity contribution >= 4 is 11.6 Å². The first-order valence-electron chi connectivity index (χ1n) is 5.10. The number of hydrogen-bond donors (Lipinski definition) is 1. The van der Waals surface area contributed by atoms with Gasteiger partial charge in [-0.05, 0) is 26.0 Å². The van der Waals surface area contributed by atoms with Gasteiger partial charge in [-0.15, -0.1) is 0 Å². The average molecular weight is 231 g/mol. The highest BCUT2D eigenvalue weighted by Gasteiger charge is 2.11. The Balaban J connectivity index is 3.10. The Morgan fingerprint density at radius 3 is 2.40 bits per heavy atom. The van der Waals surface area contributed by atoms with E-state index in [1.54, 1.807) is 0 Å². The third kappa shape index (κ3) is 3.01. The van der Waals surface area contributed by atoms with Gasteiger partial charge in [0.2, 0.25) is 0 Å². The van der Waals surface area contributed by atoms with E-state index in [0.717, 1.165) is 5.56 Å². The number of ether oxygens (including phenoxy) is 2. The lowest BCUT2D eigenvalue weighted by Gasteiger charge is -2.13.